The van der Waals surface area contributed by atoms with Gasteiger partial charge in [-0.2, -0.15) is 4.39 Å². The molecule has 0 aliphatic heterocycles. The van der Waals surface area contributed by atoms with Crippen LogP contribution in [0.15, 0.2) is 41.4 Å². The molecule has 8 heteroatoms. The van der Waals surface area contributed by atoms with Crippen molar-refractivity contribution in [3.05, 3.63) is 42.5 Å². The van der Waals surface area contributed by atoms with Gasteiger partial charge in [0, 0.05) is 6.07 Å². The second-order valence-corrected chi connectivity index (χ2v) is 5.64. The summed E-state index contributed by atoms with van der Waals surface area (Å²) < 4.78 is 49.7. The van der Waals surface area contributed by atoms with Gasteiger partial charge in [-0.3, -0.25) is 4.72 Å². The number of hydrogen-bond donors (Lipinski definition) is 1. The van der Waals surface area contributed by atoms with Gasteiger partial charge in [0.2, 0.25) is 5.95 Å². The van der Waals surface area contributed by atoms with Crippen LogP contribution in [0.5, 0.6) is 11.5 Å². The minimum Gasteiger partial charge on any atom is -0.497 e. The second-order valence-electron chi connectivity index (χ2n) is 3.99. The highest BCUT2D eigenvalue weighted by atomic mass is 32.2. The number of sulfonamides is 1. The smallest absolute Gasteiger partial charge is 0.265 e. The highest BCUT2D eigenvalue weighted by Gasteiger charge is 2.20. The molecule has 1 N–H and O–H groups in total. The first-order valence-corrected chi connectivity index (χ1v) is 7.31. The Morgan fingerprint density at radius 1 is 1.14 bits per heavy atom. The number of benzene rings is 1. The van der Waals surface area contributed by atoms with Gasteiger partial charge in [-0.05, 0) is 24.3 Å². The van der Waals surface area contributed by atoms with Crippen LogP contribution in [0.2, 0.25) is 0 Å². The quantitative estimate of drug-likeness (QED) is 0.855. The molecule has 0 saturated carbocycles. The summed E-state index contributed by atoms with van der Waals surface area (Å²) >= 11 is 0. The Labute approximate surface area is 121 Å². The minimum atomic E-state index is -3.89. The molecule has 0 atom stereocenters. The van der Waals surface area contributed by atoms with Gasteiger partial charge < -0.3 is 9.47 Å². The lowest BCUT2D eigenvalue weighted by Gasteiger charge is -2.12. The molecule has 112 valence electrons. The van der Waals surface area contributed by atoms with Gasteiger partial charge in [0.15, 0.2) is 0 Å². The van der Waals surface area contributed by atoms with E-state index in [0.717, 1.165) is 12.3 Å². The summed E-state index contributed by atoms with van der Waals surface area (Å²) in [5, 5.41) is 0. The average molecular weight is 312 g/mol. The number of aromatic nitrogens is 1. The minimum absolute atomic E-state index is 0.0601. The molecular formula is C13H13FN2O4S. The molecular weight excluding hydrogens is 299 g/mol. The zero-order valence-electron chi connectivity index (χ0n) is 11.3. The highest BCUT2D eigenvalue weighted by molar-refractivity contribution is 7.92. The standard InChI is InChI=1S/C13H13FN2O4S/c1-19-10-4-5-12(11(7-10)20-2)21(17,18)16-9-3-6-13(14)15-8-9/h3-8,16H,1-2H3. The zero-order chi connectivity index (χ0) is 15.5. The van der Waals surface area contributed by atoms with Crippen molar-refractivity contribution in [2.24, 2.45) is 0 Å². The predicted octanol–water partition coefficient (Wildman–Crippen LogP) is 2.04. The molecule has 0 bridgehead atoms. The molecule has 0 radical (unpaired) electrons. The Morgan fingerprint density at radius 3 is 2.48 bits per heavy atom. The molecule has 0 saturated heterocycles. The monoisotopic (exact) mass is 312 g/mol. The molecule has 1 aromatic carbocycles. The number of nitrogens with one attached hydrogen (secondary N) is 1. The fraction of sp³-hybridized carbons (Fsp3) is 0.154. The van der Waals surface area contributed by atoms with E-state index in [1.165, 1.54) is 38.5 Å². The molecule has 2 aromatic rings. The van der Waals surface area contributed by atoms with Crippen LogP contribution in [0, 0.1) is 5.95 Å². The third-order valence-corrected chi connectivity index (χ3v) is 4.06. The number of nitrogens with zero attached hydrogens (tertiary/aromatic N) is 1. The van der Waals surface area contributed by atoms with Crippen LogP contribution in [0.25, 0.3) is 0 Å². The van der Waals surface area contributed by atoms with Gasteiger partial charge in [0.05, 0.1) is 26.1 Å². The van der Waals surface area contributed by atoms with Crippen molar-refractivity contribution in [3.8, 4) is 11.5 Å². The van der Waals surface area contributed by atoms with Crippen molar-refractivity contribution >= 4 is 15.7 Å². The Bertz CT molecular complexity index is 732. The van der Waals surface area contributed by atoms with E-state index in [9.17, 15) is 12.8 Å². The van der Waals surface area contributed by atoms with Crippen molar-refractivity contribution in [1.82, 2.24) is 4.98 Å². The van der Waals surface area contributed by atoms with E-state index in [-0.39, 0.29) is 16.3 Å². The maximum absolute atomic E-state index is 12.7. The van der Waals surface area contributed by atoms with Gasteiger partial charge in [-0.25, -0.2) is 13.4 Å². The third-order valence-electron chi connectivity index (χ3n) is 2.64. The van der Waals surface area contributed by atoms with E-state index in [4.69, 9.17) is 9.47 Å². The zero-order valence-corrected chi connectivity index (χ0v) is 12.1. The van der Waals surface area contributed by atoms with E-state index in [2.05, 4.69) is 9.71 Å². The maximum Gasteiger partial charge on any atom is 0.265 e. The average Bonchev–Trinajstić information content (AvgIpc) is 2.48. The molecule has 0 aliphatic rings. The molecule has 6 nitrogen and oxygen atoms in total. The summed E-state index contributed by atoms with van der Waals surface area (Å²) in [4.78, 5) is 3.32. The number of halogens is 1. The fourth-order valence-corrected chi connectivity index (χ4v) is 2.84. The van der Waals surface area contributed by atoms with Gasteiger partial charge in [-0.15, -0.1) is 0 Å². The summed E-state index contributed by atoms with van der Waals surface area (Å²) in [5.74, 6) is -0.0915. The summed E-state index contributed by atoms with van der Waals surface area (Å²) in [6, 6.07) is 6.65. The van der Waals surface area contributed by atoms with Crippen LogP contribution < -0.4 is 14.2 Å². The van der Waals surface area contributed by atoms with Crippen LogP contribution >= 0.6 is 0 Å². The number of anilines is 1. The van der Waals surface area contributed by atoms with Gasteiger partial charge >= 0.3 is 0 Å². The first-order chi connectivity index (χ1) is 9.96. The van der Waals surface area contributed by atoms with Crippen molar-refractivity contribution in [2.75, 3.05) is 18.9 Å². The number of pyridine rings is 1. The van der Waals surface area contributed by atoms with Gasteiger partial charge in [0.25, 0.3) is 10.0 Å². The normalized spacial score (nSPS) is 11.0. The molecule has 0 unspecified atom stereocenters. The SMILES string of the molecule is COc1ccc(S(=O)(=O)Nc2ccc(F)nc2)c(OC)c1. The molecule has 0 amide bonds. The second kappa shape index (κ2) is 5.96. The van der Waals surface area contributed by atoms with Crippen molar-refractivity contribution in [2.45, 2.75) is 4.90 Å². The molecule has 0 spiro atoms. The van der Waals surface area contributed by atoms with E-state index in [1.54, 1.807) is 0 Å². The summed E-state index contributed by atoms with van der Waals surface area (Å²) in [5.41, 5.74) is 0.147. The Balaban J connectivity index is 2.37. The lowest BCUT2D eigenvalue weighted by Crippen LogP contribution is -2.14. The molecule has 2 rings (SSSR count). The number of hydrogen-bond acceptors (Lipinski definition) is 5. The van der Waals surface area contributed by atoms with Crippen LogP contribution in [-0.2, 0) is 10.0 Å². The largest absolute Gasteiger partial charge is 0.497 e. The summed E-state index contributed by atoms with van der Waals surface area (Å²) in [6.45, 7) is 0. The molecule has 1 aromatic heterocycles. The van der Waals surface area contributed by atoms with Gasteiger partial charge in [-0.1, -0.05) is 0 Å². The fourth-order valence-electron chi connectivity index (χ4n) is 1.64. The number of rotatable bonds is 5. The van der Waals surface area contributed by atoms with Crippen molar-refractivity contribution < 1.29 is 22.3 Å². The maximum atomic E-state index is 12.7. The number of ether oxygens (including phenoxy) is 2. The first kappa shape index (κ1) is 15.0. The van der Waals surface area contributed by atoms with Crippen LogP contribution in [0.3, 0.4) is 0 Å². The van der Waals surface area contributed by atoms with Crippen LogP contribution in [0.4, 0.5) is 10.1 Å². The van der Waals surface area contributed by atoms with E-state index in [1.807, 2.05) is 0 Å². The topological polar surface area (TPSA) is 77.5 Å². The van der Waals surface area contributed by atoms with Crippen molar-refractivity contribution in [1.29, 1.82) is 0 Å². The molecule has 0 aliphatic carbocycles. The molecule has 0 fully saturated rings. The Hall–Kier alpha value is -2.35. The van der Waals surface area contributed by atoms with E-state index < -0.39 is 16.0 Å². The van der Waals surface area contributed by atoms with E-state index >= 15 is 0 Å². The molecule has 1 heterocycles. The van der Waals surface area contributed by atoms with Crippen LogP contribution in [-0.4, -0.2) is 27.6 Å². The Morgan fingerprint density at radius 2 is 1.90 bits per heavy atom. The Kier molecular flexibility index (Phi) is 4.27. The van der Waals surface area contributed by atoms with Crippen LogP contribution in [0.1, 0.15) is 0 Å². The lowest BCUT2D eigenvalue weighted by atomic mass is 10.3. The van der Waals surface area contributed by atoms with Crippen molar-refractivity contribution in [3.63, 3.8) is 0 Å². The summed E-state index contributed by atoms with van der Waals surface area (Å²) in [7, 11) is -1.07. The van der Waals surface area contributed by atoms with Gasteiger partial charge in [0.1, 0.15) is 16.4 Å². The molecule has 21 heavy (non-hydrogen) atoms. The number of methoxy groups -OCH3 is 2. The van der Waals surface area contributed by atoms with E-state index in [0.29, 0.717) is 5.75 Å². The summed E-state index contributed by atoms with van der Waals surface area (Å²) in [6.07, 6.45) is 1.09. The lowest BCUT2D eigenvalue weighted by molar-refractivity contribution is 0.386. The first-order valence-electron chi connectivity index (χ1n) is 5.82. The predicted molar refractivity (Wildman–Crippen MR) is 74.5 cm³/mol. The highest BCUT2D eigenvalue weighted by Crippen LogP contribution is 2.29. The third kappa shape index (κ3) is 3.40.